The van der Waals surface area contributed by atoms with Crippen LogP contribution in [0.25, 0.3) is 0 Å². The quantitative estimate of drug-likeness (QED) is 0.266. The molecule has 1 saturated heterocycles. The van der Waals surface area contributed by atoms with Crippen molar-refractivity contribution in [1.82, 2.24) is 4.90 Å². The van der Waals surface area contributed by atoms with Gasteiger partial charge in [0.05, 0.1) is 18.1 Å². The number of oxime groups is 1. The van der Waals surface area contributed by atoms with Crippen molar-refractivity contribution in [2.75, 3.05) is 31.1 Å². The zero-order chi connectivity index (χ0) is 10.6. The summed E-state index contributed by atoms with van der Waals surface area (Å²) in [6.45, 7) is 1.46. The van der Waals surface area contributed by atoms with Crippen LogP contribution in [-0.2, 0) is 9.84 Å². The number of nitrogens with two attached hydrogens (primary N) is 1. The molecule has 0 radical (unpaired) electrons. The Labute approximate surface area is 83.3 Å². The summed E-state index contributed by atoms with van der Waals surface area (Å²) in [7, 11) is -2.88. The van der Waals surface area contributed by atoms with Crippen molar-refractivity contribution in [3.8, 4) is 0 Å². The molecule has 82 valence electrons. The molecule has 0 aromatic rings. The smallest absolute Gasteiger partial charge is 0.153 e. The normalized spacial score (nSPS) is 24.4. The number of hydrogen-bond donors (Lipinski definition) is 2. The minimum absolute atomic E-state index is 0.115. The van der Waals surface area contributed by atoms with Gasteiger partial charge in [0.1, 0.15) is 0 Å². The molecule has 0 amide bonds. The SMILES string of the molecule is NC(CN1CCCS(=O)(=O)CC1)=NO. The second kappa shape index (κ2) is 4.61. The highest BCUT2D eigenvalue weighted by atomic mass is 32.2. The van der Waals surface area contributed by atoms with Gasteiger partial charge in [0.15, 0.2) is 15.7 Å². The van der Waals surface area contributed by atoms with Gasteiger partial charge in [-0.2, -0.15) is 0 Å². The van der Waals surface area contributed by atoms with Gasteiger partial charge in [-0.25, -0.2) is 8.42 Å². The second-order valence-electron chi connectivity index (χ2n) is 3.37. The average molecular weight is 221 g/mol. The molecule has 0 spiro atoms. The van der Waals surface area contributed by atoms with Crippen molar-refractivity contribution >= 4 is 15.7 Å². The summed E-state index contributed by atoms with van der Waals surface area (Å²) in [5.41, 5.74) is 5.33. The van der Waals surface area contributed by atoms with Crippen LogP contribution >= 0.6 is 0 Å². The van der Waals surface area contributed by atoms with E-state index in [1.165, 1.54) is 0 Å². The summed E-state index contributed by atoms with van der Waals surface area (Å²) in [5.74, 6) is 0.509. The monoisotopic (exact) mass is 221 g/mol. The standard InChI is InChI=1S/C7H15N3O3S/c8-7(9-11)6-10-2-1-4-14(12,13)5-3-10/h11H,1-6H2,(H2,8,9). The van der Waals surface area contributed by atoms with Crippen LogP contribution < -0.4 is 5.73 Å². The van der Waals surface area contributed by atoms with Gasteiger partial charge in [0, 0.05) is 6.54 Å². The Morgan fingerprint density at radius 1 is 1.43 bits per heavy atom. The molecule has 1 fully saturated rings. The molecule has 0 bridgehead atoms. The molecule has 7 heteroatoms. The topological polar surface area (TPSA) is 96.0 Å². The molecule has 3 N–H and O–H groups in total. The van der Waals surface area contributed by atoms with Crippen molar-refractivity contribution in [2.24, 2.45) is 10.9 Å². The first-order valence-corrected chi connectivity index (χ1v) is 6.25. The molecule has 1 aliphatic rings. The van der Waals surface area contributed by atoms with Crippen LogP contribution in [0.2, 0.25) is 0 Å². The lowest BCUT2D eigenvalue weighted by molar-refractivity contribution is 0.301. The Morgan fingerprint density at radius 2 is 2.14 bits per heavy atom. The number of hydrogen-bond acceptors (Lipinski definition) is 5. The number of rotatable bonds is 2. The Hall–Kier alpha value is -0.820. The fourth-order valence-electron chi connectivity index (χ4n) is 1.41. The molecule has 0 aromatic carbocycles. The van der Waals surface area contributed by atoms with Crippen LogP contribution in [0.5, 0.6) is 0 Å². The largest absolute Gasteiger partial charge is 0.409 e. The van der Waals surface area contributed by atoms with E-state index in [-0.39, 0.29) is 17.3 Å². The van der Waals surface area contributed by atoms with E-state index >= 15 is 0 Å². The number of sulfone groups is 1. The molecule has 0 saturated carbocycles. The van der Waals surface area contributed by atoms with Crippen LogP contribution in [0.4, 0.5) is 0 Å². The summed E-state index contributed by atoms with van der Waals surface area (Å²) in [6, 6.07) is 0. The van der Waals surface area contributed by atoms with Crippen molar-refractivity contribution in [3.05, 3.63) is 0 Å². The minimum atomic E-state index is -2.88. The lowest BCUT2D eigenvalue weighted by atomic mass is 10.4. The minimum Gasteiger partial charge on any atom is -0.409 e. The van der Waals surface area contributed by atoms with Gasteiger partial charge in [0.2, 0.25) is 0 Å². The summed E-state index contributed by atoms with van der Waals surface area (Å²) in [4.78, 5) is 1.87. The zero-order valence-corrected chi connectivity index (χ0v) is 8.70. The lowest BCUT2D eigenvalue weighted by Crippen LogP contribution is -2.35. The fraction of sp³-hybridized carbons (Fsp3) is 0.857. The second-order valence-corrected chi connectivity index (χ2v) is 5.68. The van der Waals surface area contributed by atoms with Gasteiger partial charge in [0.25, 0.3) is 0 Å². The van der Waals surface area contributed by atoms with E-state index in [4.69, 9.17) is 10.9 Å². The van der Waals surface area contributed by atoms with Gasteiger partial charge in [-0.1, -0.05) is 5.16 Å². The van der Waals surface area contributed by atoms with E-state index in [9.17, 15) is 8.42 Å². The third-order valence-electron chi connectivity index (χ3n) is 2.16. The first-order chi connectivity index (χ1) is 6.53. The summed E-state index contributed by atoms with van der Waals surface area (Å²) >= 11 is 0. The molecular formula is C7H15N3O3S. The number of amidine groups is 1. The van der Waals surface area contributed by atoms with E-state index in [2.05, 4.69) is 5.16 Å². The fourth-order valence-corrected chi connectivity index (χ4v) is 2.72. The average Bonchev–Trinajstić information content (AvgIpc) is 2.28. The Balaban J connectivity index is 2.51. The third kappa shape index (κ3) is 3.51. The number of nitrogens with zero attached hydrogens (tertiary/aromatic N) is 2. The predicted octanol–water partition coefficient (Wildman–Crippen LogP) is -1.15. The molecule has 0 aromatic heterocycles. The maximum absolute atomic E-state index is 11.2. The third-order valence-corrected chi connectivity index (χ3v) is 3.88. The predicted molar refractivity (Wildman–Crippen MR) is 53.1 cm³/mol. The zero-order valence-electron chi connectivity index (χ0n) is 7.89. The van der Waals surface area contributed by atoms with E-state index < -0.39 is 9.84 Å². The molecule has 0 aliphatic carbocycles. The molecule has 1 heterocycles. The first-order valence-electron chi connectivity index (χ1n) is 4.43. The van der Waals surface area contributed by atoms with E-state index in [1.54, 1.807) is 0 Å². The molecule has 0 atom stereocenters. The highest BCUT2D eigenvalue weighted by Gasteiger charge is 2.19. The van der Waals surface area contributed by atoms with Crippen LogP contribution in [-0.4, -0.2) is 55.5 Å². The van der Waals surface area contributed by atoms with Crippen LogP contribution in [0, 0.1) is 0 Å². The first kappa shape index (κ1) is 11.3. The molecular weight excluding hydrogens is 206 g/mol. The lowest BCUT2D eigenvalue weighted by Gasteiger charge is -2.17. The summed E-state index contributed by atoms with van der Waals surface area (Å²) < 4.78 is 22.5. The van der Waals surface area contributed by atoms with Crippen molar-refractivity contribution in [2.45, 2.75) is 6.42 Å². The molecule has 1 aliphatic heterocycles. The Morgan fingerprint density at radius 3 is 2.79 bits per heavy atom. The highest BCUT2D eigenvalue weighted by molar-refractivity contribution is 7.91. The van der Waals surface area contributed by atoms with Gasteiger partial charge < -0.3 is 10.9 Å². The molecule has 6 nitrogen and oxygen atoms in total. The van der Waals surface area contributed by atoms with Crippen molar-refractivity contribution in [3.63, 3.8) is 0 Å². The highest BCUT2D eigenvalue weighted by Crippen LogP contribution is 2.04. The van der Waals surface area contributed by atoms with Gasteiger partial charge in [-0.05, 0) is 13.0 Å². The summed E-state index contributed by atoms with van der Waals surface area (Å²) in [5, 5.41) is 11.2. The van der Waals surface area contributed by atoms with Gasteiger partial charge in [-0.15, -0.1) is 0 Å². The van der Waals surface area contributed by atoms with Crippen LogP contribution in [0.15, 0.2) is 5.16 Å². The molecule has 0 unspecified atom stereocenters. The Kier molecular flexibility index (Phi) is 3.70. The van der Waals surface area contributed by atoms with Crippen LogP contribution in [0.1, 0.15) is 6.42 Å². The van der Waals surface area contributed by atoms with E-state index in [0.29, 0.717) is 26.1 Å². The molecule has 14 heavy (non-hydrogen) atoms. The summed E-state index contributed by atoms with van der Waals surface area (Å²) in [6.07, 6.45) is 0.612. The molecule has 1 rings (SSSR count). The van der Waals surface area contributed by atoms with E-state index in [1.807, 2.05) is 4.90 Å². The maximum Gasteiger partial charge on any atom is 0.153 e. The van der Waals surface area contributed by atoms with Crippen molar-refractivity contribution in [1.29, 1.82) is 0 Å². The maximum atomic E-state index is 11.2. The van der Waals surface area contributed by atoms with Gasteiger partial charge >= 0.3 is 0 Å². The van der Waals surface area contributed by atoms with Gasteiger partial charge in [-0.3, -0.25) is 4.90 Å². The Bertz CT molecular complexity index is 312. The van der Waals surface area contributed by atoms with Crippen LogP contribution in [0.3, 0.4) is 0 Å². The van der Waals surface area contributed by atoms with Crippen molar-refractivity contribution < 1.29 is 13.6 Å². The van der Waals surface area contributed by atoms with E-state index in [0.717, 1.165) is 0 Å².